The van der Waals surface area contributed by atoms with Gasteiger partial charge in [0.1, 0.15) is 5.75 Å². The normalized spacial score (nSPS) is 8.50. The van der Waals surface area contributed by atoms with E-state index in [0.29, 0.717) is 5.56 Å². The number of aldehydes is 1. The van der Waals surface area contributed by atoms with Crippen molar-refractivity contribution in [3.8, 4) is 5.75 Å². The SMILES string of the molecule is CC.CC.COc1cccc2ncc(C=O)cc12. The summed E-state index contributed by atoms with van der Waals surface area (Å²) in [4.78, 5) is 14.7. The Morgan fingerprint density at radius 1 is 1.17 bits per heavy atom. The fourth-order valence-corrected chi connectivity index (χ4v) is 1.38. The van der Waals surface area contributed by atoms with Gasteiger partial charge in [0.25, 0.3) is 0 Å². The second-order valence-electron chi connectivity index (χ2n) is 2.91. The first-order valence-electron chi connectivity index (χ1n) is 6.23. The maximum atomic E-state index is 10.6. The molecular formula is C15H21NO2. The summed E-state index contributed by atoms with van der Waals surface area (Å²) < 4.78 is 5.17. The van der Waals surface area contributed by atoms with Gasteiger partial charge in [0, 0.05) is 17.1 Å². The lowest BCUT2D eigenvalue weighted by Gasteiger charge is -2.04. The van der Waals surface area contributed by atoms with Crippen molar-refractivity contribution in [2.75, 3.05) is 7.11 Å². The fraction of sp³-hybridized carbons (Fsp3) is 0.333. The van der Waals surface area contributed by atoms with Crippen LogP contribution in [0.4, 0.5) is 0 Å². The van der Waals surface area contributed by atoms with Crippen molar-refractivity contribution in [3.05, 3.63) is 36.0 Å². The average Bonchev–Trinajstić information content (AvgIpc) is 2.50. The van der Waals surface area contributed by atoms with Crippen LogP contribution in [0.2, 0.25) is 0 Å². The molecule has 18 heavy (non-hydrogen) atoms. The first kappa shape index (κ1) is 16.1. The largest absolute Gasteiger partial charge is 0.496 e. The standard InChI is InChI=1S/C11H9NO2.2C2H6/c1-14-11-4-2-3-10-9(11)5-8(7-13)6-12-10;2*1-2/h2-7H,1H3;2*1-2H3. The Morgan fingerprint density at radius 2 is 1.83 bits per heavy atom. The molecule has 1 aromatic carbocycles. The van der Waals surface area contributed by atoms with Crippen molar-refractivity contribution in [1.82, 2.24) is 4.98 Å². The van der Waals surface area contributed by atoms with E-state index < -0.39 is 0 Å². The smallest absolute Gasteiger partial charge is 0.151 e. The zero-order valence-corrected chi connectivity index (χ0v) is 11.7. The van der Waals surface area contributed by atoms with Crippen LogP contribution in [0.3, 0.4) is 0 Å². The molecule has 0 aliphatic carbocycles. The number of hydrogen-bond acceptors (Lipinski definition) is 3. The van der Waals surface area contributed by atoms with Crippen LogP contribution in [0, 0.1) is 0 Å². The van der Waals surface area contributed by atoms with Gasteiger partial charge in [-0.2, -0.15) is 0 Å². The van der Waals surface area contributed by atoms with Crippen molar-refractivity contribution in [2.45, 2.75) is 27.7 Å². The van der Waals surface area contributed by atoms with Crippen molar-refractivity contribution >= 4 is 17.2 Å². The zero-order valence-electron chi connectivity index (χ0n) is 11.7. The van der Waals surface area contributed by atoms with Gasteiger partial charge in [-0.05, 0) is 18.2 Å². The minimum absolute atomic E-state index is 0.557. The molecule has 1 heterocycles. The van der Waals surface area contributed by atoms with Gasteiger partial charge in [0.05, 0.1) is 12.6 Å². The van der Waals surface area contributed by atoms with E-state index in [4.69, 9.17) is 4.74 Å². The molecular weight excluding hydrogens is 226 g/mol. The van der Waals surface area contributed by atoms with Crippen LogP contribution in [0.1, 0.15) is 38.1 Å². The summed E-state index contributed by atoms with van der Waals surface area (Å²) in [7, 11) is 1.60. The number of carbonyl (C=O) groups is 1. The number of carbonyl (C=O) groups excluding carboxylic acids is 1. The fourth-order valence-electron chi connectivity index (χ4n) is 1.38. The van der Waals surface area contributed by atoms with E-state index in [1.165, 1.54) is 0 Å². The van der Waals surface area contributed by atoms with Crippen molar-refractivity contribution in [3.63, 3.8) is 0 Å². The predicted octanol–water partition coefficient (Wildman–Crippen LogP) is 4.11. The van der Waals surface area contributed by atoms with Crippen LogP contribution in [0.15, 0.2) is 30.5 Å². The molecule has 2 aromatic rings. The lowest BCUT2D eigenvalue weighted by atomic mass is 10.1. The van der Waals surface area contributed by atoms with E-state index in [1.807, 2.05) is 45.9 Å². The van der Waals surface area contributed by atoms with Crippen LogP contribution in [0.5, 0.6) is 5.75 Å². The number of benzene rings is 1. The molecule has 0 aliphatic heterocycles. The van der Waals surface area contributed by atoms with E-state index in [2.05, 4.69) is 4.98 Å². The summed E-state index contributed by atoms with van der Waals surface area (Å²) in [5, 5.41) is 0.861. The van der Waals surface area contributed by atoms with Gasteiger partial charge in [-0.1, -0.05) is 33.8 Å². The number of pyridine rings is 1. The van der Waals surface area contributed by atoms with Gasteiger partial charge in [-0.25, -0.2) is 0 Å². The summed E-state index contributed by atoms with van der Waals surface area (Å²) in [5.41, 5.74) is 1.39. The zero-order chi connectivity index (χ0) is 14.0. The van der Waals surface area contributed by atoms with Gasteiger partial charge in [0.2, 0.25) is 0 Å². The number of methoxy groups -OCH3 is 1. The second-order valence-corrected chi connectivity index (χ2v) is 2.91. The number of hydrogen-bond donors (Lipinski definition) is 0. The number of ether oxygens (including phenoxy) is 1. The first-order chi connectivity index (χ1) is 8.85. The first-order valence-corrected chi connectivity index (χ1v) is 6.23. The van der Waals surface area contributed by atoms with Gasteiger partial charge in [0.15, 0.2) is 6.29 Å². The third-order valence-electron chi connectivity index (χ3n) is 2.06. The highest BCUT2D eigenvalue weighted by Crippen LogP contribution is 2.23. The van der Waals surface area contributed by atoms with Crippen LogP contribution < -0.4 is 4.74 Å². The Hall–Kier alpha value is -1.90. The van der Waals surface area contributed by atoms with Crippen molar-refractivity contribution in [2.24, 2.45) is 0 Å². The molecule has 0 aliphatic rings. The number of rotatable bonds is 2. The molecule has 0 amide bonds. The lowest BCUT2D eigenvalue weighted by Crippen LogP contribution is -1.88. The summed E-state index contributed by atoms with van der Waals surface area (Å²) >= 11 is 0. The molecule has 0 fully saturated rings. The quantitative estimate of drug-likeness (QED) is 0.750. The Balaban J connectivity index is 0.000000659. The summed E-state index contributed by atoms with van der Waals surface area (Å²) in [6, 6.07) is 7.37. The Bertz CT molecular complexity index is 481. The third-order valence-corrected chi connectivity index (χ3v) is 2.06. The van der Waals surface area contributed by atoms with E-state index in [9.17, 15) is 4.79 Å². The highest BCUT2D eigenvalue weighted by atomic mass is 16.5. The summed E-state index contributed by atoms with van der Waals surface area (Å²) in [6.45, 7) is 8.00. The molecule has 3 nitrogen and oxygen atoms in total. The molecule has 0 saturated heterocycles. The Kier molecular flexibility index (Phi) is 8.20. The monoisotopic (exact) mass is 247 g/mol. The Labute approximate surface area is 109 Å². The van der Waals surface area contributed by atoms with Crippen LogP contribution in [-0.4, -0.2) is 18.4 Å². The molecule has 98 valence electrons. The minimum atomic E-state index is 0.557. The minimum Gasteiger partial charge on any atom is -0.496 e. The molecule has 0 spiro atoms. The van der Waals surface area contributed by atoms with Gasteiger partial charge >= 0.3 is 0 Å². The predicted molar refractivity (Wildman–Crippen MR) is 76.4 cm³/mol. The second kappa shape index (κ2) is 9.16. The molecule has 0 bridgehead atoms. The van der Waals surface area contributed by atoms with Crippen LogP contribution >= 0.6 is 0 Å². The lowest BCUT2D eigenvalue weighted by molar-refractivity contribution is 0.112. The molecule has 2 rings (SSSR count). The summed E-state index contributed by atoms with van der Waals surface area (Å²) in [5.74, 6) is 0.735. The number of fused-ring (bicyclic) bond motifs is 1. The van der Waals surface area contributed by atoms with E-state index in [1.54, 1.807) is 19.4 Å². The molecule has 0 saturated carbocycles. The molecule has 0 radical (unpaired) electrons. The van der Waals surface area contributed by atoms with Crippen LogP contribution in [-0.2, 0) is 0 Å². The number of nitrogens with zero attached hydrogens (tertiary/aromatic N) is 1. The summed E-state index contributed by atoms with van der Waals surface area (Å²) in [6.07, 6.45) is 2.33. The van der Waals surface area contributed by atoms with Gasteiger partial charge in [-0.3, -0.25) is 9.78 Å². The van der Waals surface area contributed by atoms with E-state index >= 15 is 0 Å². The van der Waals surface area contributed by atoms with Crippen LogP contribution in [0.25, 0.3) is 10.9 Å². The maximum absolute atomic E-state index is 10.6. The topological polar surface area (TPSA) is 39.2 Å². The van der Waals surface area contributed by atoms with E-state index in [0.717, 1.165) is 22.9 Å². The molecule has 0 unspecified atom stereocenters. The number of aromatic nitrogens is 1. The van der Waals surface area contributed by atoms with Crippen molar-refractivity contribution < 1.29 is 9.53 Å². The molecule has 0 N–H and O–H groups in total. The highest BCUT2D eigenvalue weighted by Gasteiger charge is 2.02. The van der Waals surface area contributed by atoms with E-state index in [-0.39, 0.29) is 0 Å². The van der Waals surface area contributed by atoms with Crippen molar-refractivity contribution in [1.29, 1.82) is 0 Å². The molecule has 1 aromatic heterocycles. The maximum Gasteiger partial charge on any atom is 0.151 e. The van der Waals surface area contributed by atoms with Gasteiger partial charge < -0.3 is 4.74 Å². The molecule has 0 atom stereocenters. The van der Waals surface area contributed by atoms with Gasteiger partial charge in [-0.15, -0.1) is 0 Å². The average molecular weight is 247 g/mol. The highest BCUT2D eigenvalue weighted by molar-refractivity contribution is 5.89. The Morgan fingerprint density at radius 3 is 2.39 bits per heavy atom. The third kappa shape index (κ3) is 3.84. The molecule has 3 heteroatoms.